The van der Waals surface area contributed by atoms with Crippen LogP contribution in [-0.2, 0) is 28.6 Å². The molecule has 0 aliphatic rings. The average Bonchev–Trinajstić information content (AvgIpc) is 3.33. The molecule has 1 atom stereocenters. The first-order valence-electron chi connectivity index (χ1n) is 28.1. The van der Waals surface area contributed by atoms with Crippen LogP contribution in [0.3, 0.4) is 0 Å². The van der Waals surface area contributed by atoms with E-state index in [4.69, 9.17) is 14.2 Å². The molecule has 0 spiro atoms. The molecule has 67 heavy (non-hydrogen) atoms. The highest BCUT2D eigenvalue weighted by Gasteiger charge is 2.19. The van der Waals surface area contributed by atoms with E-state index < -0.39 is 6.10 Å². The number of hydrogen-bond acceptors (Lipinski definition) is 6. The van der Waals surface area contributed by atoms with Crippen LogP contribution in [-0.4, -0.2) is 37.2 Å². The highest BCUT2D eigenvalue weighted by molar-refractivity contribution is 5.71. The lowest BCUT2D eigenvalue weighted by molar-refractivity contribution is -0.167. The topological polar surface area (TPSA) is 78.9 Å². The van der Waals surface area contributed by atoms with Crippen molar-refractivity contribution in [2.75, 3.05) is 13.2 Å². The van der Waals surface area contributed by atoms with Crippen LogP contribution >= 0.6 is 0 Å². The van der Waals surface area contributed by atoms with Crippen molar-refractivity contribution in [2.45, 2.75) is 271 Å². The van der Waals surface area contributed by atoms with Gasteiger partial charge in [0.15, 0.2) is 6.10 Å². The molecule has 0 heterocycles. The highest BCUT2D eigenvalue weighted by atomic mass is 16.6. The Kier molecular flexibility index (Phi) is 52.4. The van der Waals surface area contributed by atoms with E-state index in [1.54, 1.807) is 0 Å². The second-order valence-corrected chi connectivity index (χ2v) is 18.5. The molecule has 0 saturated carbocycles. The van der Waals surface area contributed by atoms with Gasteiger partial charge in [-0.15, -0.1) is 0 Å². The molecule has 0 aliphatic carbocycles. The van der Waals surface area contributed by atoms with Gasteiger partial charge in [-0.2, -0.15) is 0 Å². The van der Waals surface area contributed by atoms with Gasteiger partial charge in [-0.25, -0.2) is 0 Å². The molecule has 0 aliphatic heterocycles. The molecule has 0 saturated heterocycles. The Bertz CT molecular complexity index is 1300. The third kappa shape index (κ3) is 53.4. The molecular formula is C61H104O6. The predicted molar refractivity (Wildman–Crippen MR) is 288 cm³/mol. The summed E-state index contributed by atoms with van der Waals surface area (Å²) >= 11 is 0. The lowest BCUT2D eigenvalue weighted by atomic mass is 10.1. The number of esters is 3. The summed E-state index contributed by atoms with van der Waals surface area (Å²) in [6, 6.07) is 0. The van der Waals surface area contributed by atoms with Crippen LogP contribution in [0.2, 0.25) is 0 Å². The molecule has 0 N–H and O–H groups in total. The molecule has 6 heteroatoms. The number of carbonyl (C=O) groups excluding carboxylic acids is 3. The monoisotopic (exact) mass is 933 g/mol. The molecule has 0 radical (unpaired) electrons. The summed E-state index contributed by atoms with van der Waals surface area (Å²) < 4.78 is 16.8. The minimum absolute atomic E-state index is 0.0925. The minimum atomic E-state index is -0.796. The van der Waals surface area contributed by atoms with E-state index in [1.807, 2.05) is 0 Å². The van der Waals surface area contributed by atoms with Crippen LogP contribution in [0.5, 0.6) is 0 Å². The minimum Gasteiger partial charge on any atom is -0.462 e. The number of ether oxygens (including phenoxy) is 3. The second kappa shape index (κ2) is 55.2. The first kappa shape index (κ1) is 63.6. The Morgan fingerprint density at radius 1 is 0.313 bits per heavy atom. The Balaban J connectivity index is 4.45. The number of rotatable bonds is 50. The maximum absolute atomic E-state index is 12.8. The van der Waals surface area contributed by atoms with Crippen LogP contribution in [0, 0.1) is 0 Å². The van der Waals surface area contributed by atoms with Crippen molar-refractivity contribution in [1.82, 2.24) is 0 Å². The van der Waals surface area contributed by atoms with E-state index in [0.29, 0.717) is 19.3 Å². The Morgan fingerprint density at radius 2 is 0.582 bits per heavy atom. The fraction of sp³-hybridized carbons (Fsp3) is 0.721. The van der Waals surface area contributed by atoms with Gasteiger partial charge >= 0.3 is 17.9 Å². The molecular weight excluding hydrogens is 829 g/mol. The van der Waals surface area contributed by atoms with E-state index in [1.165, 1.54) is 103 Å². The van der Waals surface area contributed by atoms with Crippen molar-refractivity contribution in [3.63, 3.8) is 0 Å². The van der Waals surface area contributed by atoms with E-state index >= 15 is 0 Å². The molecule has 6 nitrogen and oxygen atoms in total. The molecule has 384 valence electrons. The third-order valence-electron chi connectivity index (χ3n) is 11.9. The smallest absolute Gasteiger partial charge is 0.306 e. The standard InChI is InChI=1S/C61H104O6/c1-4-7-10-13-16-19-22-25-28-30-33-35-38-41-44-47-50-53-59(62)65-56-58(67-61(64)55-52-49-46-43-40-37-32-27-24-21-18-15-12-9-6-3)57-66-60(63)54-51-48-45-42-39-36-34-31-29-26-23-20-17-14-11-8-5-2/h7,10,16,18-19,21,25-29,32-33,35,58H,4-6,8-9,11-15,17,20,22-24,30-31,34,36-57H2,1-3H3/b10-7-,19-16-,21-18-,28-25-,29-26-,32-27-,35-33-/t58-/m1/s1. The number of carbonyl (C=O) groups is 3. The summed E-state index contributed by atoms with van der Waals surface area (Å²) in [6.45, 7) is 6.47. The maximum atomic E-state index is 12.8. The number of allylic oxidation sites excluding steroid dienone is 14. The molecule has 0 unspecified atom stereocenters. The van der Waals surface area contributed by atoms with Crippen LogP contribution in [0.15, 0.2) is 85.1 Å². The van der Waals surface area contributed by atoms with Gasteiger partial charge in [-0.1, -0.05) is 215 Å². The Labute approximate surface area is 414 Å². The molecule has 0 amide bonds. The van der Waals surface area contributed by atoms with Crippen molar-refractivity contribution in [3.8, 4) is 0 Å². The van der Waals surface area contributed by atoms with Crippen LogP contribution in [0.4, 0.5) is 0 Å². The summed E-state index contributed by atoms with van der Waals surface area (Å²) in [6.07, 6.45) is 71.3. The summed E-state index contributed by atoms with van der Waals surface area (Å²) in [5.41, 5.74) is 0. The lowest BCUT2D eigenvalue weighted by Crippen LogP contribution is -2.30. The van der Waals surface area contributed by atoms with Crippen LogP contribution < -0.4 is 0 Å². The summed E-state index contributed by atoms with van der Waals surface area (Å²) in [4.78, 5) is 38.1. The van der Waals surface area contributed by atoms with Gasteiger partial charge in [0, 0.05) is 19.3 Å². The van der Waals surface area contributed by atoms with E-state index in [-0.39, 0.29) is 31.1 Å². The largest absolute Gasteiger partial charge is 0.462 e. The zero-order valence-electron chi connectivity index (χ0n) is 43.9. The first-order chi connectivity index (χ1) is 33.0. The van der Waals surface area contributed by atoms with Gasteiger partial charge in [-0.3, -0.25) is 14.4 Å². The second-order valence-electron chi connectivity index (χ2n) is 18.5. The summed E-state index contributed by atoms with van der Waals surface area (Å²) in [5.74, 6) is -0.931. The molecule has 0 bridgehead atoms. The highest BCUT2D eigenvalue weighted by Crippen LogP contribution is 2.14. The average molecular weight is 933 g/mol. The first-order valence-corrected chi connectivity index (χ1v) is 28.1. The van der Waals surface area contributed by atoms with E-state index in [2.05, 4.69) is 106 Å². The van der Waals surface area contributed by atoms with Crippen molar-refractivity contribution >= 4 is 17.9 Å². The van der Waals surface area contributed by atoms with Crippen molar-refractivity contribution in [2.24, 2.45) is 0 Å². The van der Waals surface area contributed by atoms with Crippen molar-refractivity contribution < 1.29 is 28.6 Å². The fourth-order valence-electron chi connectivity index (χ4n) is 7.63. The maximum Gasteiger partial charge on any atom is 0.306 e. The number of hydrogen-bond donors (Lipinski definition) is 0. The molecule has 0 fully saturated rings. The molecule has 0 rings (SSSR count). The van der Waals surface area contributed by atoms with E-state index in [9.17, 15) is 14.4 Å². The zero-order valence-corrected chi connectivity index (χ0v) is 43.9. The fourth-order valence-corrected chi connectivity index (χ4v) is 7.63. The van der Waals surface area contributed by atoms with Crippen LogP contribution in [0.1, 0.15) is 265 Å². The van der Waals surface area contributed by atoms with E-state index in [0.717, 1.165) is 122 Å². The number of unbranched alkanes of at least 4 members (excludes halogenated alkanes) is 25. The van der Waals surface area contributed by atoms with Crippen molar-refractivity contribution in [3.05, 3.63) is 85.1 Å². The van der Waals surface area contributed by atoms with Gasteiger partial charge in [-0.05, 0) is 116 Å². The molecule has 0 aromatic heterocycles. The predicted octanol–water partition coefficient (Wildman–Crippen LogP) is 18.8. The third-order valence-corrected chi connectivity index (χ3v) is 11.9. The van der Waals surface area contributed by atoms with Crippen molar-refractivity contribution in [1.29, 1.82) is 0 Å². The van der Waals surface area contributed by atoms with Gasteiger partial charge in [0.2, 0.25) is 0 Å². The zero-order chi connectivity index (χ0) is 48.6. The van der Waals surface area contributed by atoms with Crippen LogP contribution in [0.25, 0.3) is 0 Å². The normalized spacial score (nSPS) is 12.7. The quantitative estimate of drug-likeness (QED) is 0.0262. The van der Waals surface area contributed by atoms with Gasteiger partial charge in [0.1, 0.15) is 13.2 Å². The Hall–Kier alpha value is -3.41. The molecule has 0 aromatic rings. The molecule has 0 aromatic carbocycles. The van der Waals surface area contributed by atoms with Gasteiger partial charge in [0.05, 0.1) is 0 Å². The summed E-state index contributed by atoms with van der Waals surface area (Å²) in [7, 11) is 0. The Morgan fingerprint density at radius 3 is 0.955 bits per heavy atom. The SMILES string of the molecule is CC/C=C\C/C=C\C/C=C\C/C=C\CCCCCCC(=O)OC[C@H](COC(=O)CCCCCCCCC/C=C\CCCCCCCC)OC(=O)CCCCCCC/C=C\C/C=C\CCCCC. The summed E-state index contributed by atoms with van der Waals surface area (Å²) in [5, 5.41) is 0. The lowest BCUT2D eigenvalue weighted by Gasteiger charge is -2.18. The van der Waals surface area contributed by atoms with Gasteiger partial charge in [0.25, 0.3) is 0 Å². The van der Waals surface area contributed by atoms with Gasteiger partial charge < -0.3 is 14.2 Å².